The van der Waals surface area contributed by atoms with Crippen LogP contribution in [-0.4, -0.2) is 56.5 Å². The number of carbonyl (C=O) groups excluding carboxylic acids is 2. The van der Waals surface area contributed by atoms with Crippen LogP contribution >= 0.6 is 0 Å². The van der Waals surface area contributed by atoms with Gasteiger partial charge in [-0.1, -0.05) is 36.9 Å². The summed E-state index contributed by atoms with van der Waals surface area (Å²) in [5.74, 6) is -0.686. The van der Waals surface area contributed by atoms with E-state index in [1.165, 1.54) is 22.5 Å². The van der Waals surface area contributed by atoms with Gasteiger partial charge in [-0.05, 0) is 49.0 Å². The number of sulfonamides is 1. The lowest BCUT2D eigenvalue weighted by atomic mass is 9.94. The summed E-state index contributed by atoms with van der Waals surface area (Å²) in [5, 5.41) is 5.17. The van der Waals surface area contributed by atoms with Crippen LogP contribution in [0.1, 0.15) is 29.0 Å². The van der Waals surface area contributed by atoms with Crippen LogP contribution < -0.4 is 10.6 Å². The van der Waals surface area contributed by atoms with Crippen molar-refractivity contribution < 1.29 is 27.2 Å². The number of nitrogens with one attached hydrogen (secondary N) is 2. The van der Waals surface area contributed by atoms with Crippen LogP contribution in [0.3, 0.4) is 0 Å². The molecule has 2 N–H and O–H groups in total. The monoisotopic (exact) mass is 473 g/mol. The zero-order chi connectivity index (χ0) is 23.4. The summed E-state index contributed by atoms with van der Waals surface area (Å²) in [6.07, 6.45) is 2.30. The van der Waals surface area contributed by atoms with Gasteiger partial charge in [-0.25, -0.2) is 8.42 Å². The van der Waals surface area contributed by atoms with Gasteiger partial charge in [0.05, 0.1) is 6.10 Å². The molecular formula is C23H27N3O6S. The van der Waals surface area contributed by atoms with Crippen LogP contribution in [0.25, 0.3) is 0 Å². The average molecular weight is 474 g/mol. The molecule has 0 aliphatic carbocycles. The second-order valence-electron chi connectivity index (χ2n) is 8.13. The Kier molecular flexibility index (Phi) is 6.96. The first-order valence-corrected chi connectivity index (χ1v) is 12.3. The van der Waals surface area contributed by atoms with Gasteiger partial charge in [0.1, 0.15) is 6.23 Å². The Balaban J connectivity index is 1.34. The highest BCUT2D eigenvalue weighted by molar-refractivity contribution is 7.89. The summed E-state index contributed by atoms with van der Waals surface area (Å²) in [7, 11) is -3.92. The van der Waals surface area contributed by atoms with Gasteiger partial charge in [0.15, 0.2) is 5.76 Å². The Labute approximate surface area is 192 Å². The average Bonchev–Trinajstić information content (AvgIpc) is 3.46. The van der Waals surface area contributed by atoms with Crippen molar-refractivity contribution in [2.45, 2.75) is 36.7 Å². The van der Waals surface area contributed by atoms with Crippen LogP contribution in [0.4, 0.5) is 0 Å². The molecule has 2 amide bonds. The molecule has 33 heavy (non-hydrogen) atoms. The molecule has 9 nitrogen and oxygen atoms in total. The number of amides is 2. The van der Waals surface area contributed by atoms with E-state index in [1.807, 2.05) is 30.3 Å². The summed E-state index contributed by atoms with van der Waals surface area (Å²) in [6, 6.07) is 12.4. The van der Waals surface area contributed by atoms with Crippen molar-refractivity contribution in [1.82, 2.24) is 14.9 Å². The Morgan fingerprint density at radius 2 is 1.97 bits per heavy atom. The molecule has 2 aliphatic rings. The van der Waals surface area contributed by atoms with Gasteiger partial charge in [0.25, 0.3) is 15.9 Å². The fraction of sp³-hybridized carbons (Fsp3) is 0.391. The van der Waals surface area contributed by atoms with Crippen molar-refractivity contribution in [2.75, 3.05) is 19.6 Å². The predicted octanol–water partition coefficient (Wildman–Crippen LogP) is 1.68. The van der Waals surface area contributed by atoms with Crippen LogP contribution in [-0.2, 0) is 26.0 Å². The van der Waals surface area contributed by atoms with Crippen molar-refractivity contribution >= 4 is 21.8 Å². The lowest BCUT2D eigenvalue weighted by molar-refractivity contribution is -0.120. The summed E-state index contributed by atoms with van der Waals surface area (Å²) in [5.41, 5.74) is 1.09. The number of ether oxygens (including phenoxy) is 1. The molecule has 3 unspecified atom stereocenters. The number of hydrogen-bond donors (Lipinski definition) is 2. The maximum atomic E-state index is 13.1. The van der Waals surface area contributed by atoms with Gasteiger partial charge in [-0.3, -0.25) is 9.59 Å². The molecule has 3 heterocycles. The summed E-state index contributed by atoms with van der Waals surface area (Å²) < 4.78 is 38.7. The smallest absolute Gasteiger partial charge is 0.287 e. The highest BCUT2D eigenvalue weighted by Crippen LogP contribution is 2.34. The molecule has 0 spiro atoms. The third-order valence-electron chi connectivity index (χ3n) is 5.94. The second-order valence-corrected chi connectivity index (χ2v) is 10.0. The molecule has 2 fully saturated rings. The molecule has 10 heteroatoms. The van der Waals surface area contributed by atoms with Crippen molar-refractivity contribution in [3.8, 4) is 0 Å². The van der Waals surface area contributed by atoms with Crippen molar-refractivity contribution in [1.29, 1.82) is 0 Å². The first kappa shape index (κ1) is 23.2. The molecule has 2 aliphatic heterocycles. The summed E-state index contributed by atoms with van der Waals surface area (Å²) in [4.78, 5) is 23.9. The van der Waals surface area contributed by atoms with E-state index in [9.17, 15) is 18.0 Å². The minimum Gasteiger partial charge on any atom is -0.438 e. The minimum absolute atomic E-state index is 0.0548. The highest BCUT2D eigenvalue weighted by Gasteiger charge is 2.43. The maximum Gasteiger partial charge on any atom is 0.287 e. The van der Waals surface area contributed by atoms with Gasteiger partial charge >= 0.3 is 0 Å². The third kappa shape index (κ3) is 5.35. The van der Waals surface area contributed by atoms with E-state index < -0.39 is 22.2 Å². The van der Waals surface area contributed by atoms with E-state index in [0.29, 0.717) is 32.4 Å². The predicted molar refractivity (Wildman–Crippen MR) is 120 cm³/mol. The molecule has 2 saturated heterocycles. The van der Waals surface area contributed by atoms with Crippen molar-refractivity contribution in [3.05, 3.63) is 66.4 Å². The largest absolute Gasteiger partial charge is 0.438 e. The SMILES string of the molecule is C=CC(=O)NC1CC2CCN(S(=O)(=O)c3ccc(C(=O)NCCc4ccccc4)o3)CC2O1. The normalized spacial score (nSPS) is 23.0. The third-order valence-corrected chi connectivity index (χ3v) is 7.68. The fourth-order valence-electron chi connectivity index (χ4n) is 4.19. The maximum absolute atomic E-state index is 13.1. The van der Waals surface area contributed by atoms with Crippen LogP contribution in [0.2, 0.25) is 0 Å². The fourth-order valence-corrected chi connectivity index (χ4v) is 5.57. The van der Waals surface area contributed by atoms with Crippen molar-refractivity contribution in [3.63, 3.8) is 0 Å². The number of fused-ring (bicyclic) bond motifs is 1. The number of rotatable bonds is 8. The second kappa shape index (κ2) is 9.90. The Morgan fingerprint density at radius 3 is 2.73 bits per heavy atom. The van der Waals surface area contributed by atoms with Gasteiger partial charge in [0, 0.05) is 19.6 Å². The quantitative estimate of drug-likeness (QED) is 0.564. The lowest BCUT2D eigenvalue weighted by Gasteiger charge is -2.32. The molecule has 0 saturated carbocycles. The van der Waals surface area contributed by atoms with E-state index >= 15 is 0 Å². The molecule has 1 aromatic carbocycles. The molecule has 3 atom stereocenters. The van der Waals surface area contributed by atoms with Crippen LogP contribution in [0.5, 0.6) is 0 Å². The zero-order valence-corrected chi connectivity index (χ0v) is 18.9. The number of piperidine rings is 1. The van der Waals surface area contributed by atoms with E-state index in [4.69, 9.17) is 9.15 Å². The molecule has 176 valence electrons. The van der Waals surface area contributed by atoms with Gasteiger partial charge in [-0.15, -0.1) is 0 Å². The Bertz CT molecular complexity index is 1110. The zero-order valence-electron chi connectivity index (χ0n) is 18.1. The van der Waals surface area contributed by atoms with E-state index in [2.05, 4.69) is 17.2 Å². The van der Waals surface area contributed by atoms with E-state index in [1.54, 1.807) is 0 Å². The van der Waals surface area contributed by atoms with Crippen LogP contribution in [0, 0.1) is 5.92 Å². The Hall–Kier alpha value is -2.95. The van der Waals surface area contributed by atoms with Crippen molar-refractivity contribution in [2.24, 2.45) is 5.92 Å². The molecule has 4 rings (SSSR count). The number of nitrogens with zero attached hydrogens (tertiary/aromatic N) is 1. The van der Waals surface area contributed by atoms with Gasteiger partial charge in [0.2, 0.25) is 11.0 Å². The molecule has 0 bridgehead atoms. The standard InChI is InChI=1S/C23H27N3O6S/c1-2-20(27)25-21-14-17-11-13-26(15-19(17)31-21)33(29,30)22-9-8-18(32-22)23(28)24-12-10-16-6-4-3-5-7-16/h2-9,17,19,21H,1,10-15H2,(H,24,28)(H,25,27). The first-order valence-electron chi connectivity index (χ1n) is 10.9. The molecule has 2 aromatic rings. The van der Waals surface area contributed by atoms with E-state index in [0.717, 1.165) is 5.56 Å². The first-order chi connectivity index (χ1) is 15.9. The topological polar surface area (TPSA) is 118 Å². The summed E-state index contributed by atoms with van der Waals surface area (Å²) in [6.45, 7) is 4.30. The number of hydrogen-bond acceptors (Lipinski definition) is 6. The molecule has 0 radical (unpaired) electrons. The van der Waals surface area contributed by atoms with Gasteiger partial charge < -0.3 is 19.8 Å². The highest BCUT2D eigenvalue weighted by atomic mass is 32.2. The summed E-state index contributed by atoms with van der Waals surface area (Å²) >= 11 is 0. The molecule has 1 aromatic heterocycles. The van der Waals surface area contributed by atoms with Gasteiger partial charge in [-0.2, -0.15) is 4.31 Å². The van der Waals surface area contributed by atoms with Crippen LogP contribution in [0.15, 0.2) is 64.6 Å². The minimum atomic E-state index is -3.92. The number of furan rings is 1. The molecular weight excluding hydrogens is 446 g/mol. The lowest BCUT2D eigenvalue weighted by Crippen LogP contribution is -2.45. The number of benzene rings is 1. The van der Waals surface area contributed by atoms with E-state index in [-0.39, 0.29) is 35.3 Å². The Morgan fingerprint density at radius 1 is 1.18 bits per heavy atom. The number of carbonyl (C=O) groups is 2.